The number of sulfonamides is 1. The van der Waals surface area contributed by atoms with Crippen molar-refractivity contribution in [2.45, 2.75) is 43.5 Å². The van der Waals surface area contributed by atoms with Gasteiger partial charge in [-0.2, -0.15) is 4.31 Å². The second kappa shape index (κ2) is 7.55. The molecule has 2 aromatic rings. The summed E-state index contributed by atoms with van der Waals surface area (Å²) >= 11 is 0. The fraction of sp³-hybridized carbons (Fsp3) is 0.368. The average molecular weight is 374 g/mol. The van der Waals surface area contributed by atoms with Gasteiger partial charge in [-0.1, -0.05) is 36.8 Å². The third kappa shape index (κ3) is 3.78. The van der Waals surface area contributed by atoms with Gasteiger partial charge in [0.25, 0.3) is 5.69 Å². The summed E-state index contributed by atoms with van der Waals surface area (Å²) < 4.78 is 28.1. The molecule has 0 saturated carbocycles. The number of rotatable bonds is 5. The van der Waals surface area contributed by atoms with E-state index in [4.69, 9.17) is 0 Å². The highest BCUT2D eigenvalue weighted by Crippen LogP contribution is 2.30. The van der Waals surface area contributed by atoms with E-state index < -0.39 is 14.9 Å². The standard InChI is InChI=1S/C19H22N2O4S/c1-15-13-18(21(22)23)10-11-19(15)26(24,25)20-12-6-5-9-17(20)14-16-7-3-2-4-8-16/h2-4,7-8,10-11,13,17H,5-6,9,12,14H2,1H3. The molecule has 0 spiro atoms. The Morgan fingerprint density at radius 2 is 1.88 bits per heavy atom. The van der Waals surface area contributed by atoms with Gasteiger partial charge in [0.2, 0.25) is 10.0 Å². The lowest BCUT2D eigenvalue weighted by Gasteiger charge is -2.35. The number of nitro groups is 1. The first-order valence-corrected chi connectivity index (χ1v) is 10.1. The molecule has 0 aromatic heterocycles. The molecule has 0 amide bonds. The molecule has 138 valence electrons. The lowest BCUT2D eigenvalue weighted by Crippen LogP contribution is -2.44. The predicted molar refractivity (Wildman–Crippen MR) is 99.5 cm³/mol. The van der Waals surface area contributed by atoms with Crippen LogP contribution in [0.25, 0.3) is 0 Å². The van der Waals surface area contributed by atoms with Gasteiger partial charge in [-0.25, -0.2) is 8.42 Å². The summed E-state index contributed by atoms with van der Waals surface area (Å²) in [6.07, 6.45) is 3.32. The molecule has 1 aliphatic rings. The Kier molecular flexibility index (Phi) is 5.38. The second-order valence-corrected chi connectivity index (χ2v) is 8.52. The van der Waals surface area contributed by atoms with Gasteiger partial charge in [-0.3, -0.25) is 10.1 Å². The Morgan fingerprint density at radius 3 is 2.54 bits per heavy atom. The van der Waals surface area contributed by atoms with Gasteiger partial charge in [0, 0.05) is 24.7 Å². The van der Waals surface area contributed by atoms with Gasteiger partial charge < -0.3 is 0 Å². The smallest absolute Gasteiger partial charge is 0.258 e. The van der Waals surface area contributed by atoms with Gasteiger partial charge in [0.1, 0.15) is 0 Å². The van der Waals surface area contributed by atoms with E-state index in [9.17, 15) is 18.5 Å². The van der Waals surface area contributed by atoms with Crippen LogP contribution in [0.4, 0.5) is 5.69 Å². The van der Waals surface area contributed by atoms with E-state index in [1.807, 2.05) is 30.3 Å². The first-order valence-electron chi connectivity index (χ1n) is 8.70. The average Bonchev–Trinajstić information content (AvgIpc) is 2.62. The van der Waals surface area contributed by atoms with E-state index in [1.165, 1.54) is 18.2 Å². The van der Waals surface area contributed by atoms with Crippen LogP contribution in [0.5, 0.6) is 0 Å². The highest BCUT2D eigenvalue weighted by atomic mass is 32.2. The van der Waals surface area contributed by atoms with Crippen LogP contribution in [-0.4, -0.2) is 30.2 Å². The minimum absolute atomic E-state index is 0.0919. The molecule has 0 radical (unpaired) electrons. The maximum absolute atomic E-state index is 13.2. The van der Waals surface area contributed by atoms with Crippen molar-refractivity contribution in [2.24, 2.45) is 0 Å². The first-order chi connectivity index (χ1) is 12.4. The maximum atomic E-state index is 13.2. The molecule has 3 rings (SSSR count). The van der Waals surface area contributed by atoms with E-state index in [-0.39, 0.29) is 16.6 Å². The molecule has 1 saturated heterocycles. The highest BCUT2D eigenvalue weighted by Gasteiger charge is 2.34. The quantitative estimate of drug-likeness (QED) is 0.590. The molecule has 26 heavy (non-hydrogen) atoms. The minimum atomic E-state index is -3.69. The summed E-state index contributed by atoms with van der Waals surface area (Å²) in [5.74, 6) is 0. The van der Waals surface area contributed by atoms with E-state index in [2.05, 4.69) is 0 Å². The summed E-state index contributed by atoms with van der Waals surface area (Å²) in [5, 5.41) is 10.9. The third-order valence-electron chi connectivity index (χ3n) is 4.84. The van der Waals surface area contributed by atoms with Crippen molar-refractivity contribution in [1.29, 1.82) is 0 Å². The molecular weight excluding hydrogens is 352 g/mol. The Bertz CT molecular complexity index is 897. The summed E-state index contributed by atoms with van der Waals surface area (Å²) in [6, 6.07) is 13.7. The molecule has 0 N–H and O–H groups in total. The number of piperidine rings is 1. The number of hydrogen-bond donors (Lipinski definition) is 0. The van der Waals surface area contributed by atoms with Crippen LogP contribution in [0.1, 0.15) is 30.4 Å². The van der Waals surface area contributed by atoms with E-state index in [0.717, 1.165) is 24.8 Å². The topological polar surface area (TPSA) is 80.5 Å². The van der Waals surface area contributed by atoms with Crippen molar-refractivity contribution in [3.63, 3.8) is 0 Å². The number of hydrogen-bond acceptors (Lipinski definition) is 4. The molecule has 1 unspecified atom stereocenters. The normalized spacial score (nSPS) is 18.6. The molecule has 1 aliphatic heterocycles. The molecule has 7 heteroatoms. The molecular formula is C19H22N2O4S. The number of nitro benzene ring substituents is 1. The Hall–Kier alpha value is -2.25. The van der Waals surface area contributed by atoms with Crippen LogP contribution in [0.3, 0.4) is 0 Å². The van der Waals surface area contributed by atoms with Crippen molar-refractivity contribution in [2.75, 3.05) is 6.54 Å². The zero-order valence-electron chi connectivity index (χ0n) is 14.7. The van der Waals surface area contributed by atoms with Crippen molar-refractivity contribution < 1.29 is 13.3 Å². The molecule has 6 nitrogen and oxygen atoms in total. The number of non-ortho nitro benzene ring substituents is 1. The van der Waals surface area contributed by atoms with E-state index in [1.54, 1.807) is 11.2 Å². The first kappa shape index (κ1) is 18.5. The van der Waals surface area contributed by atoms with Gasteiger partial charge in [0.15, 0.2) is 0 Å². The summed E-state index contributed by atoms with van der Waals surface area (Å²) in [6.45, 7) is 2.09. The monoisotopic (exact) mass is 374 g/mol. The largest absolute Gasteiger partial charge is 0.269 e. The molecule has 1 heterocycles. The van der Waals surface area contributed by atoms with Crippen LogP contribution in [0, 0.1) is 17.0 Å². The Balaban J connectivity index is 1.92. The van der Waals surface area contributed by atoms with Gasteiger partial charge in [-0.15, -0.1) is 0 Å². The lowest BCUT2D eigenvalue weighted by molar-refractivity contribution is -0.385. The number of nitrogens with zero attached hydrogens (tertiary/aromatic N) is 2. The molecule has 0 bridgehead atoms. The van der Waals surface area contributed by atoms with Crippen molar-refractivity contribution in [3.8, 4) is 0 Å². The van der Waals surface area contributed by atoms with Crippen LogP contribution >= 0.6 is 0 Å². The van der Waals surface area contributed by atoms with E-state index in [0.29, 0.717) is 18.5 Å². The zero-order chi connectivity index (χ0) is 18.7. The van der Waals surface area contributed by atoms with Crippen molar-refractivity contribution in [1.82, 2.24) is 4.31 Å². The number of benzene rings is 2. The fourth-order valence-electron chi connectivity index (χ4n) is 3.54. The fourth-order valence-corrected chi connectivity index (χ4v) is 5.44. The van der Waals surface area contributed by atoms with Gasteiger partial charge in [-0.05, 0) is 43.4 Å². The van der Waals surface area contributed by atoms with Crippen LogP contribution < -0.4 is 0 Å². The SMILES string of the molecule is Cc1cc([N+](=O)[O-])ccc1S(=O)(=O)N1CCCCC1Cc1ccccc1. The molecule has 2 aromatic carbocycles. The van der Waals surface area contributed by atoms with Crippen LogP contribution in [0.2, 0.25) is 0 Å². The number of aryl methyl sites for hydroxylation is 1. The minimum Gasteiger partial charge on any atom is -0.258 e. The van der Waals surface area contributed by atoms with Crippen molar-refractivity contribution in [3.05, 3.63) is 69.8 Å². The molecule has 0 aliphatic carbocycles. The molecule has 1 atom stereocenters. The highest BCUT2D eigenvalue weighted by molar-refractivity contribution is 7.89. The Labute approximate surface area is 153 Å². The summed E-state index contributed by atoms with van der Waals surface area (Å²) in [7, 11) is -3.69. The maximum Gasteiger partial charge on any atom is 0.269 e. The predicted octanol–water partition coefficient (Wildman–Crippen LogP) is 3.69. The Morgan fingerprint density at radius 1 is 1.15 bits per heavy atom. The zero-order valence-corrected chi connectivity index (χ0v) is 15.5. The van der Waals surface area contributed by atoms with Crippen molar-refractivity contribution >= 4 is 15.7 Å². The van der Waals surface area contributed by atoms with Gasteiger partial charge in [0.05, 0.1) is 9.82 Å². The third-order valence-corrected chi connectivity index (χ3v) is 6.96. The van der Waals surface area contributed by atoms with Crippen LogP contribution in [-0.2, 0) is 16.4 Å². The molecule has 1 fully saturated rings. The second-order valence-electron chi connectivity index (χ2n) is 6.66. The lowest BCUT2D eigenvalue weighted by atomic mass is 9.98. The summed E-state index contributed by atoms with van der Waals surface area (Å²) in [5.41, 5.74) is 1.42. The van der Waals surface area contributed by atoms with Crippen LogP contribution in [0.15, 0.2) is 53.4 Å². The van der Waals surface area contributed by atoms with Gasteiger partial charge >= 0.3 is 0 Å². The summed E-state index contributed by atoms with van der Waals surface area (Å²) in [4.78, 5) is 10.6. The van der Waals surface area contributed by atoms with E-state index >= 15 is 0 Å².